The maximum atomic E-state index is 10.7. The monoisotopic (exact) mass is 288 g/mol. The second-order valence-corrected chi connectivity index (χ2v) is 7.84. The van der Waals surface area contributed by atoms with Crippen LogP contribution in [0.5, 0.6) is 0 Å². The Labute approximate surface area is 120 Å². The van der Waals surface area contributed by atoms with Gasteiger partial charge in [-0.05, 0) is 40.0 Å². The first-order valence-corrected chi connectivity index (χ1v) is 7.40. The Morgan fingerprint density at radius 1 is 1.10 bits per heavy atom. The highest BCUT2D eigenvalue weighted by Gasteiger charge is 2.63. The molecule has 2 aliphatic carbocycles. The van der Waals surface area contributed by atoms with E-state index in [4.69, 9.17) is 0 Å². The number of hydrogen-bond acceptors (Lipinski definition) is 5. The van der Waals surface area contributed by atoms with Crippen molar-refractivity contribution in [2.75, 3.05) is 0 Å². The molecule has 0 amide bonds. The first-order valence-electron chi connectivity index (χ1n) is 7.40. The third-order valence-corrected chi connectivity index (χ3v) is 5.65. The van der Waals surface area contributed by atoms with E-state index in [2.05, 4.69) is 0 Å². The zero-order valence-corrected chi connectivity index (χ0v) is 12.7. The molecular weight excluding hydrogens is 260 g/mol. The van der Waals surface area contributed by atoms with Crippen LogP contribution in [0.15, 0.2) is 0 Å². The van der Waals surface area contributed by atoms with E-state index >= 15 is 0 Å². The molecule has 0 aromatic heterocycles. The van der Waals surface area contributed by atoms with Crippen LogP contribution in [-0.2, 0) is 0 Å². The van der Waals surface area contributed by atoms with Crippen molar-refractivity contribution < 1.29 is 25.5 Å². The smallest absolute Gasteiger partial charge is 0.0682 e. The van der Waals surface area contributed by atoms with Crippen LogP contribution < -0.4 is 0 Å². The minimum Gasteiger partial charge on any atom is -0.393 e. The Morgan fingerprint density at radius 2 is 1.65 bits per heavy atom. The molecule has 0 bridgehead atoms. The highest BCUT2D eigenvalue weighted by molar-refractivity contribution is 5.12. The number of hydrogen-bond donors (Lipinski definition) is 5. The molecule has 0 spiro atoms. The maximum Gasteiger partial charge on any atom is 0.0682 e. The molecule has 0 radical (unpaired) electrons. The van der Waals surface area contributed by atoms with Crippen LogP contribution in [0.4, 0.5) is 0 Å². The van der Waals surface area contributed by atoms with Gasteiger partial charge >= 0.3 is 0 Å². The van der Waals surface area contributed by atoms with Crippen LogP contribution in [-0.4, -0.2) is 55.0 Å². The van der Waals surface area contributed by atoms with Crippen LogP contribution in [0.3, 0.4) is 0 Å². The second-order valence-electron chi connectivity index (χ2n) is 7.84. The molecule has 2 fully saturated rings. The SMILES string of the molecule is CC(C)(O)[C@H]1[C@@H](O)[C@@H]2[C@@](C)(C[C@@H]1O)[C@H](O)CC[C@@]2(C)O. The van der Waals surface area contributed by atoms with Crippen molar-refractivity contribution in [1.82, 2.24) is 0 Å². The molecule has 0 saturated heterocycles. The fourth-order valence-electron chi connectivity index (χ4n) is 4.75. The summed E-state index contributed by atoms with van der Waals surface area (Å²) in [6.07, 6.45) is -1.52. The lowest BCUT2D eigenvalue weighted by Gasteiger charge is -2.60. The van der Waals surface area contributed by atoms with E-state index in [9.17, 15) is 25.5 Å². The standard InChI is InChI=1S/C15H28O5/c1-13(2,19)10-8(16)7-14(3)9(17)5-6-15(4,20)12(14)11(10)18/h8-12,16-20H,5-7H2,1-4H3/t8-,9+,10+,11+,12+,14-,15+/m0/s1. The molecule has 2 aliphatic rings. The summed E-state index contributed by atoms with van der Waals surface area (Å²) in [5, 5.41) is 52.3. The van der Waals surface area contributed by atoms with E-state index in [0.717, 1.165) is 0 Å². The number of rotatable bonds is 1. The van der Waals surface area contributed by atoms with Gasteiger partial charge in [0.05, 0.1) is 29.5 Å². The summed E-state index contributed by atoms with van der Waals surface area (Å²) in [5.74, 6) is -1.31. The van der Waals surface area contributed by atoms with E-state index in [0.29, 0.717) is 12.8 Å². The van der Waals surface area contributed by atoms with Gasteiger partial charge in [0.15, 0.2) is 0 Å². The van der Waals surface area contributed by atoms with Crippen molar-refractivity contribution in [3.63, 3.8) is 0 Å². The zero-order valence-electron chi connectivity index (χ0n) is 12.7. The largest absolute Gasteiger partial charge is 0.393 e. The predicted molar refractivity (Wildman–Crippen MR) is 73.9 cm³/mol. The van der Waals surface area contributed by atoms with E-state index < -0.39 is 46.8 Å². The molecule has 2 rings (SSSR count). The molecule has 5 nitrogen and oxygen atoms in total. The molecule has 5 N–H and O–H groups in total. The summed E-state index contributed by atoms with van der Waals surface area (Å²) in [5.41, 5.74) is -3.11. The molecule has 2 saturated carbocycles. The summed E-state index contributed by atoms with van der Waals surface area (Å²) in [6, 6.07) is 0. The van der Waals surface area contributed by atoms with Gasteiger partial charge in [0.2, 0.25) is 0 Å². The Balaban J connectivity index is 2.45. The normalized spacial score (nSPS) is 53.5. The third-order valence-electron chi connectivity index (χ3n) is 5.65. The third kappa shape index (κ3) is 2.29. The van der Waals surface area contributed by atoms with Crippen molar-refractivity contribution in [2.45, 2.75) is 76.5 Å². The van der Waals surface area contributed by atoms with E-state index in [1.54, 1.807) is 20.8 Å². The second kappa shape index (κ2) is 4.65. The van der Waals surface area contributed by atoms with Crippen LogP contribution in [0.25, 0.3) is 0 Å². The van der Waals surface area contributed by atoms with E-state index in [-0.39, 0.29) is 6.42 Å². The highest BCUT2D eigenvalue weighted by Crippen LogP contribution is 2.56. The quantitative estimate of drug-likeness (QED) is 0.468. The molecule has 0 unspecified atom stereocenters. The Hall–Kier alpha value is -0.200. The Morgan fingerprint density at radius 3 is 2.15 bits per heavy atom. The van der Waals surface area contributed by atoms with Gasteiger partial charge in [-0.3, -0.25) is 0 Å². The van der Waals surface area contributed by atoms with Gasteiger partial charge in [-0.25, -0.2) is 0 Å². The van der Waals surface area contributed by atoms with E-state index in [1.807, 2.05) is 6.92 Å². The lowest BCUT2D eigenvalue weighted by Crippen LogP contribution is -2.68. The highest BCUT2D eigenvalue weighted by atomic mass is 16.3. The van der Waals surface area contributed by atoms with Crippen molar-refractivity contribution in [2.24, 2.45) is 17.3 Å². The molecule has 0 aromatic rings. The van der Waals surface area contributed by atoms with Crippen molar-refractivity contribution in [1.29, 1.82) is 0 Å². The van der Waals surface area contributed by atoms with Gasteiger partial charge in [-0.1, -0.05) is 6.92 Å². The Kier molecular flexibility index (Phi) is 3.76. The lowest BCUT2D eigenvalue weighted by atomic mass is 9.49. The fraction of sp³-hybridized carbons (Fsp3) is 1.00. The van der Waals surface area contributed by atoms with Crippen LogP contribution in [0.1, 0.15) is 47.0 Å². The van der Waals surface area contributed by atoms with Gasteiger partial charge in [0.25, 0.3) is 0 Å². The molecule has 0 aliphatic heterocycles. The van der Waals surface area contributed by atoms with Crippen LogP contribution in [0, 0.1) is 17.3 Å². The van der Waals surface area contributed by atoms with Crippen LogP contribution in [0.2, 0.25) is 0 Å². The van der Waals surface area contributed by atoms with Gasteiger partial charge in [-0.15, -0.1) is 0 Å². The fourth-order valence-corrected chi connectivity index (χ4v) is 4.75. The summed E-state index contributed by atoms with van der Waals surface area (Å²) in [7, 11) is 0. The van der Waals surface area contributed by atoms with Crippen LogP contribution >= 0.6 is 0 Å². The van der Waals surface area contributed by atoms with Gasteiger partial charge < -0.3 is 25.5 Å². The molecular formula is C15H28O5. The summed E-state index contributed by atoms with van der Waals surface area (Å²) < 4.78 is 0. The minimum absolute atomic E-state index is 0.265. The number of fused-ring (bicyclic) bond motifs is 1. The average molecular weight is 288 g/mol. The minimum atomic E-state index is -1.25. The molecule has 5 heteroatoms. The summed E-state index contributed by atoms with van der Waals surface area (Å²) >= 11 is 0. The van der Waals surface area contributed by atoms with Gasteiger partial charge in [0, 0.05) is 17.3 Å². The summed E-state index contributed by atoms with van der Waals surface area (Å²) in [6.45, 7) is 6.59. The topological polar surface area (TPSA) is 101 Å². The van der Waals surface area contributed by atoms with Gasteiger partial charge in [0.1, 0.15) is 0 Å². The zero-order chi connectivity index (χ0) is 15.5. The first kappa shape index (κ1) is 16.2. The lowest BCUT2D eigenvalue weighted by molar-refractivity contribution is -0.257. The predicted octanol–water partition coefficient (Wildman–Crippen LogP) is 0.0272. The molecule has 20 heavy (non-hydrogen) atoms. The number of aliphatic hydroxyl groups excluding tert-OH is 3. The summed E-state index contributed by atoms with van der Waals surface area (Å²) in [4.78, 5) is 0. The maximum absolute atomic E-state index is 10.7. The van der Waals surface area contributed by atoms with Crippen molar-refractivity contribution >= 4 is 0 Å². The first-order chi connectivity index (χ1) is 8.91. The molecule has 0 aromatic carbocycles. The molecule has 0 heterocycles. The number of aliphatic hydroxyl groups is 5. The van der Waals surface area contributed by atoms with Crippen molar-refractivity contribution in [3.05, 3.63) is 0 Å². The molecule has 7 atom stereocenters. The van der Waals surface area contributed by atoms with Gasteiger partial charge in [-0.2, -0.15) is 0 Å². The van der Waals surface area contributed by atoms with Crippen molar-refractivity contribution in [3.8, 4) is 0 Å². The van der Waals surface area contributed by atoms with E-state index in [1.165, 1.54) is 0 Å². The molecule has 118 valence electrons. The average Bonchev–Trinajstić information content (AvgIpc) is 2.20. The Bertz CT molecular complexity index is 375.